The summed E-state index contributed by atoms with van der Waals surface area (Å²) in [5.41, 5.74) is 7.75. The summed E-state index contributed by atoms with van der Waals surface area (Å²) in [5.74, 6) is 0. The Kier molecular flexibility index (Phi) is 2.33. The third-order valence-corrected chi connectivity index (χ3v) is 2.10. The Labute approximate surface area is 86.6 Å². The molecule has 0 bridgehead atoms. The van der Waals surface area contributed by atoms with Crippen molar-refractivity contribution in [1.29, 1.82) is 0 Å². The fourth-order valence-electron chi connectivity index (χ4n) is 1.19. The minimum Gasteiger partial charge on any atom is -0.397 e. The van der Waals surface area contributed by atoms with Gasteiger partial charge in [0, 0.05) is 24.2 Å². The fourth-order valence-corrected chi connectivity index (χ4v) is 1.42. The van der Waals surface area contributed by atoms with E-state index >= 15 is 0 Å². The van der Waals surface area contributed by atoms with Crippen LogP contribution in [0.3, 0.4) is 0 Å². The number of hydrogen-bond donors (Lipinski definition) is 1. The van der Waals surface area contributed by atoms with Crippen molar-refractivity contribution in [2.75, 3.05) is 5.73 Å². The van der Waals surface area contributed by atoms with Crippen LogP contribution < -0.4 is 5.73 Å². The van der Waals surface area contributed by atoms with E-state index in [-0.39, 0.29) is 0 Å². The lowest BCUT2D eigenvalue weighted by Crippen LogP contribution is -1.89. The normalized spacial score (nSPS) is 10.1. The highest BCUT2D eigenvalue weighted by Gasteiger charge is 2.04. The molecule has 4 heteroatoms. The molecule has 70 valence electrons. The number of pyridine rings is 2. The molecule has 0 aliphatic heterocycles. The number of anilines is 1. The summed E-state index contributed by atoms with van der Waals surface area (Å²) in [5, 5.41) is 0.597. The average Bonchev–Trinajstić information content (AvgIpc) is 2.18. The van der Waals surface area contributed by atoms with E-state index in [9.17, 15) is 0 Å². The Balaban J connectivity index is 2.55. The Bertz CT molecular complexity index is 457. The number of nitrogens with two attached hydrogens (primary N) is 1. The van der Waals surface area contributed by atoms with E-state index in [0.29, 0.717) is 16.4 Å². The lowest BCUT2D eigenvalue weighted by molar-refractivity contribution is 1.28. The highest BCUT2D eigenvalue weighted by atomic mass is 35.5. The largest absolute Gasteiger partial charge is 0.397 e. The van der Waals surface area contributed by atoms with Gasteiger partial charge in [-0.1, -0.05) is 11.6 Å². The SMILES string of the molecule is Nc1cncc(-c2ncccc2Cl)c1. The molecule has 2 rings (SSSR count). The highest BCUT2D eigenvalue weighted by Crippen LogP contribution is 2.25. The Hall–Kier alpha value is -1.61. The first kappa shape index (κ1) is 8.97. The van der Waals surface area contributed by atoms with Gasteiger partial charge in [-0.2, -0.15) is 0 Å². The number of rotatable bonds is 1. The van der Waals surface area contributed by atoms with Crippen molar-refractivity contribution in [3.05, 3.63) is 41.8 Å². The predicted molar refractivity (Wildman–Crippen MR) is 56.9 cm³/mol. The molecule has 2 N–H and O–H groups in total. The van der Waals surface area contributed by atoms with Gasteiger partial charge in [0.25, 0.3) is 0 Å². The van der Waals surface area contributed by atoms with Crippen LogP contribution in [0.4, 0.5) is 5.69 Å². The monoisotopic (exact) mass is 205 g/mol. The van der Waals surface area contributed by atoms with Crippen LogP contribution in [0.2, 0.25) is 5.02 Å². The molecule has 2 aromatic heterocycles. The number of halogens is 1. The van der Waals surface area contributed by atoms with Gasteiger partial charge in [0.1, 0.15) is 0 Å². The van der Waals surface area contributed by atoms with Gasteiger partial charge in [0.15, 0.2) is 0 Å². The number of aromatic nitrogens is 2. The second-order valence-electron chi connectivity index (χ2n) is 2.84. The quantitative estimate of drug-likeness (QED) is 0.778. The van der Waals surface area contributed by atoms with Crippen molar-refractivity contribution in [3.63, 3.8) is 0 Å². The van der Waals surface area contributed by atoms with Crippen molar-refractivity contribution in [1.82, 2.24) is 9.97 Å². The zero-order valence-corrected chi connectivity index (χ0v) is 8.07. The molecule has 0 fully saturated rings. The van der Waals surface area contributed by atoms with Crippen LogP contribution in [-0.2, 0) is 0 Å². The molecule has 0 aliphatic rings. The summed E-state index contributed by atoms with van der Waals surface area (Å²) in [7, 11) is 0. The molecule has 0 aliphatic carbocycles. The van der Waals surface area contributed by atoms with E-state index in [0.717, 1.165) is 5.56 Å². The molecular weight excluding hydrogens is 198 g/mol. The Morgan fingerprint density at radius 3 is 2.86 bits per heavy atom. The van der Waals surface area contributed by atoms with Crippen molar-refractivity contribution in [2.45, 2.75) is 0 Å². The van der Waals surface area contributed by atoms with Crippen molar-refractivity contribution in [3.8, 4) is 11.3 Å². The molecule has 2 aromatic rings. The lowest BCUT2D eigenvalue weighted by Gasteiger charge is -2.02. The van der Waals surface area contributed by atoms with Crippen LogP contribution >= 0.6 is 11.6 Å². The van der Waals surface area contributed by atoms with Gasteiger partial charge in [-0.15, -0.1) is 0 Å². The molecule has 0 saturated carbocycles. The first-order valence-electron chi connectivity index (χ1n) is 4.09. The van der Waals surface area contributed by atoms with Gasteiger partial charge >= 0.3 is 0 Å². The summed E-state index contributed by atoms with van der Waals surface area (Å²) in [6.45, 7) is 0. The molecule has 0 aromatic carbocycles. The van der Waals surface area contributed by atoms with Gasteiger partial charge in [-0.3, -0.25) is 9.97 Å². The third-order valence-electron chi connectivity index (χ3n) is 1.79. The van der Waals surface area contributed by atoms with Crippen molar-refractivity contribution in [2.24, 2.45) is 0 Å². The maximum absolute atomic E-state index is 5.98. The summed E-state index contributed by atoms with van der Waals surface area (Å²) >= 11 is 5.98. The maximum atomic E-state index is 5.98. The van der Waals surface area contributed by atoms with E-state index in [1.54, 1.807) is 36.8 Å². The number of nitrogens with zero attached hydrogens (tertiary/aromatic N) is 2. The summed E-state index contributed by atoms with van der Waals surface area (Å²) in [6.07, 6.45) is 4.95. The first-order valence-corrected chi connectivity index (χ1v) is 4.46. The second kappa shape index (κ2) is 3.64. The standard InChI is InChI=1S/C10H8ClN3/c11-9-2-1-3-14-10(9)7-4-8(12)6-13-5-7/h1-6H,12H2. The molecule has 14 heavy (non-hydrogen) atoms. The van der Waals surface area contributed by atoms with Gasteiger partial charge in [0.2, 0.25) is 0 Å². The van der Waals surface area contributed by atoms with Crippen molar-refractivity contribution < 1.29 is 0 Å². The van der Waals surface area contributed by atoms with Crippen LogP contribution in [0.5, 0.6) is 0 Å². The maximum Gasteiger partial charge on any atom is 0.0904 e. The highest BCUT2D eigenvalue weighted by molar-refractivity contribution is 6.33. The Morgan fingerprint density at radius 2 is 2.14 bits per heavy atom. The van der Waals surface area contributed by atoms with Crippen LogP contribution in [0.1, 0.15) is 0 Å². The van der Waals surface area contributed by atoms with Crippen LogP contribution in [-0.4, -0.2) is 9.97 Å². The zero-order chi connectivity index (χ0) is 9.97. The molecule has 0 radical (unpaired) electrons. The minimum atomic E-state index is 0.597. The van der Waals surface area contributed by atoms with Crippen LogP contribution in [0.15, 0.2) is 36.8 Å². The second-order valence-corrected chi connectivity index (χ2v) is 3.25. The summed E-state index contributed by atoms with van der Waals surface area (Å²) in [4.78, 5) is 8.14. The zero-order valence-electron chi connectivity index (χ0n) is 7.31. The summed E-state index contributed by atoms with van der Waals surface area (Å²) in [6, 6.07) is 5.36. The van der Waals surface area contributed by atoms with E-state index in [1.807, 2.05) is 0 Å². The van der Waals surface area contributed by atoms with Crippen molar-refractivity contribution >= 4 is 17.3 Å². The van der Waals surface area contributed by atoms with E-state index in [2.05, 4.69) is 9.97 Å². The minimum absolute atomic E-state index is 0.597. The molecule has 0 unspecified atom stereocenters. The van der Waals surface area contributed by atoms with Gasteiger partial charge < -0.3 is 5.73 Å². The average molecular weight is 206 g/mol. The molecule has 2 heterocycles. The van der Waals surface area contributed by atoms with Gasteiger partial charge in [-0.05, 0) is 18.2 Å². The molecule has 0 saturated heterocycles. The smallest absolute Gasteiger partial charge is 0.0904 e. The topological polar surface area (TPSA) is 51.8 Å². The molecular formula is C10H8ClN3. The number of nitrogen functional groups attached to an aromatic ring is 1. The molecule has 3 nitrogen and oxygen atoms in total. The predicted octanol–water partition coefficient (Wildman–Crippen LogP) is 2.38. The molecule has 0 amide bonds. The van der Waals surface area contributed by atoms with Crippen LogP contribution in [0.25, 0.3) is 11.3 Å². The summed E-state index contributed by atoms with van der Waals surface area (Å²) < 4.78 is 0. The van der Waals surface area contributed by atoms with Crippen LogP contribution in [0, 0.1) is 0 Å². The van der Waals surface area contributed by atoms with Gasteiger partial charge in [-0.25, -0.2) is 0 Å². The fraction of sp³-hybridized carbons (Fsp3) is 0. The van der Waals surface area contributed by atoms with Gasteiger partial charge in [0.05, 0.1) is 16.4 Å². The Morgan fingerprint density at radius 1 is 1.29 bits per heavy atom. The molecule has 0 spiro atoms. The van der Waals surface area contributed by atoms with E-state index < -0.39 is 0 Å². The molecule has 0 atom stereocenters. The lowest BCUT2D eigenvalue weighted by atomic mass is 10.2. The third kappa shape index (κ3) is 1.67. The number of hydrogen-bond acceptors (Lipinski definition) is 3. The van der Waals surface area contributed by atoms with E-state index in [4.69, 9.17) is 17.3 Å². The van der Waals surface area contributed by atoms with E-state index in [1.165, 1.54) is 0 Å². The first-order chi connectivity index (χ1) is 6.77.